The second-order valence-electron chi connectivity index (χ2n) is 4.66. The second-order valence-corrected chi connectivity index (χ2v) is 5.61. The van der Waals surface area contributed by atoms with Crippen LogP contribution in [-0.2, 0) is 0 Å². The van der Waals surface area contributed by atoms with Crippen molar-refractivity contribution < 1.29 is 0 Å². The standard InChI is InChI=1S/C13H16N4S/c1-9-4-2-6-17(9)11-8-10(15-16-13(11)14)12-5-3-7-18-12/h3,5,7-9H,2,4,6H2,1H3,(H2,14,16)/t9-/m0/s1. The number of rotatable bonds is 2. The quantitative estimate of drug-likeness (QED) is 0.902. The van der Waals surface area contributed by atoms with Crippen molar-refractivity contribution in [3.05, 3.63) is 23.6 Å². The number of hydrogen-bond donors (Lipinski definition) is 1. The molecule has 94 valence electrons. The fraction of sp³-hybridized carbons (Fsp3) is 0.385. The molecule has 1 aliphatic heterocycles. The van der Waals surface area contributed by atoms with Crippen LogP contribution in [0.15, 0.2) is 23.6 Å². The average molecular weight is 260 g/mol. The zero-order valence-corrected chi connectivity index (χ0v) is 11.2. The van der Waals surface area contributed by atoms with E-state index in [0.29, 0.717) is 11.9 Å². The van der Waals surface area contributed by atoms with Gasteiger partial charge in [0, 0.05) is 12.6 Å². The molecule has 0 radical (unpaired) electrons. The second kappa shape index (κ2) is 4.57. The summed E-state index contributed by atoms with van der Waals surface area (Å²) in [5.41, 5.74) is 7.91. The highest BCUT2D eigenvalue weighted by atomic mass is 32.1. The van der Waals surface area contributed by atoms with Crippen molar-refractivity contribution in [1.82, 2.24) is 10.2 Å². The lowest BCUT2D eigenvalue weighted by molar-refractivity contribution is 0.733. The van der Waals surface area contributed by atoms with E-state index in [1.54, 1.807) is 11.3 Å². The molecule has 0 bridgehead atoms. The minimum absolute atomic E-state index is 0.532. The summed E-state index contributed by atoms with van der Waals surface area (Å²) in [6, 6.07) is 6.68. The number of hydrogen-bond acceptors (Lipinski definition) is 5. The van der Waals surface area contributed by atoms with Gasteiger partial charge in [-0.25, -0.2) is 0 Å². The summed E-state index contributed by atoms with van der Waals surface area (Å²) in [4.78, 5) is 3.47. The Balaban J connectivity index is 2.01. The van der Waals surface area contributed by atoms with Crippen molar-refractivity contribution in [1.29, 1.82) is 0 Å². The average Bonchev–Trinajstić information content (AvgIpc) is 3.01. The molecule has 0 unspecified atom stereocenters. The predicted octanol–water partition coefficient (Wildman–Crippen LogP) is 2.78. The molecular weight excluding hydrogens is 244 g/mol. The van der Waals surface area contributed by atoms with E-state index in [4.69, 9.17) is 5.73 Å². The molecule has 2 aromatic heterocycles. The SMILES string of the molecule is C[C@H]1CCCN1c1cc(-c2cccs2)nnc1N. The zero-order chi connectivity index (χ0) is 12.5. The molecule has 1 fully saturated rings. The Morgan fingerprint density at radius 2 is 2.33 bits per heavy atom. The van der Waals surface area contributed by atoms with Crippen LogP contribution < -0.4 is 10.6 Å². The number of nitrogens with two attached hydrogens (primary N) is 1. The highest BCUT2D eigenvalue weighted by Crippen LogP contribution is 2.32. The molecule has 18 heavy (non-hydrogen) atoms. The Kier molecular flexibility index (Phi) is 2.91. The fourth-order valence-corrected chi connectivity index (χ4v) is 3.14. The van der Waals surface area contributed by atoms with Crippen molar-refractivity contribution in [3.63, 3.8) is 0 Å². The Labute approximate surface area is 110 Å². The number of thiophene rings is 1. The molecule has 3 heterocycles. The molecule has 4 nitrogen and oxygen atoms in total. The Hall–Kier alpha value is -1.62. The molecule has 1 aliphatic rings. The van der Waals surface area contributed by atoms with Gasteiger partial charge in [0.15, 0.2) is 5.82 Å². The monoisotopic (exact) mass is 260 g/mol. The van der Waals surface area contributed by atoms with Gasteiger partial charge < -0.3 is 10.6 Å². The van der Waals surface area contributed by atoms with E-state index in [1.807, 2.05) is 11.4 Å². The molecular formula is C13H16N4S. The minimum atomic E-state index is 0.532. The lowest BCUT2D eigenvalue weighted by Crippen LogP contribution is -2.27. The topological polar surface area (TPSA) is 55.0 Å². The van der Waals surface area contributed by atoms with Crippen LogP contribution in [0.2, 0.25) is 0 Å². The van der Waals surface area contributed by atoms with E-state index < -0.39 is 0 Å². The van der Waals surface area contributed by atoms with E-state index in [0.717, 1.165) is 22.8 Å². The zero-order valence-electron chi connectivity index (χ0n) is 10.3. The molecule has 3 rings (SSSR count). The van der Waals surface area contributed by atoms with E-state index in [9.17, 15) is 0 Å². The van der Waals surface area contributed by atoms with Crippen molar-refractivity contribution in [2.24, 2.45) is 0 Å². The number of nitrogens with zero attached hydrogens (tertiary/aromatic N) is 3. The van der Waals surface area contributed by atoms with Gasteiger partial charge in [-0.05, 0) is 37.3 Å². The number of anilines is 2. The molecule has 0 amide bonds. The molecule has 0 aliphatic carbocycles. The highest BCUT2D eigenvalue weighted by molar-refractivity contribution is 7.13. The summed E-state index contributed by atoms with van der Waals surface area (Å²) in [6.07, 6.45) is 2.44. The van der Waals surface area contributed by atoms with Gasteiger partial charge in [-0.3, -0.25) is 0 Å². The minimum Gasteiger partial charge on any atom is -0.380 e. The largest absolute Gasteiger partial charge is 0.380 e. The molecule has 0 aromatic carbocycles. The van der Waals surface area contributed by atoms with Crippen LogP contribution in [-0.4, -0.2) is 22.8 Å². The summed E-state index contributed by atoms with van der Waals surface area (Å²) in [5, 5.41) is 10.3. The van der Waals surface area contributed by atoms with Crippen LogP contribution in [0.5, 0.6) is 0 Å². The molecule has 2 N–H and O–H groups in total. The summed E-state index contributed by atoms with van der Waals surface area (Å²) in [7, 11) is 0. The Morgan fingerprint density at radius 1 is 1.44 bits per heavy atom. The maximum Gasteiger partial charge on any atom is 0.169 e. The predicted molar refractivity (Wildman–Crippen MR) is 75.8 cm³/mol. The Morgan fingerprint density at radius 3 is 3.00 bits per heavy atom. The summed E-state index contributed by atoms with van der Waals surface area (Å²) in [5.74, 6) is 0.532. The first-order chi connectivity index (χ1) is 8.75. The van der Waals surface area contributed by atoms with Gasteiger partial charge in [0.25, 0.3) is 0 Å². The molecule has 0 spiro atoms. The van der Waals surface area contributed by atoms with Gasteiger partial charge in [0.1, 0.15) is 5.69 Å². The molecule has 0 saturated carbocycles. The van der Waals surface area contributed by atoms with Crippen molar-refractivity contribution in [2.75, 3.05) is 17.2 Å². The number of nitrogen functional groups attached to an aromatic ring is 1. The highest BCUT2D eigenvalue weighted by Gasteiger charge is 2.23. The van der Waals surface area contributed by atoms with Crippen molar-refractivity contribution in [3.8, 4) is 10.6 Å². The van der Waals surface area contributed by atoms with Crippen LogP contribution >= 0.6 is 11.3 Å². The van der Waals surface area contributed by atoms with Gasteiger partial charge in [0.2, 0.25) is 0 Å². The van der Waals surface area contributed by atoms with E-state index in [2.05, 4.69) is 34.2 Å². The summed E-state index contributed by atoms with van der Waals surface area (Å²) < 4.78 is 0. The first-order valence-electron chi connectivity index (χ1n) is 6.19. The lowest BCUT2D eigenvalue weighted by atomic mass is 10.2. The third-order valence-corrected chi connectivity index (χ3v) is 4.33. The first-order valence-corrected chi connectivity index (χ1v) is 7.07. The fourth-order valence-electron chi connectivity index (χ4n) is 2.46. The van der Waals surface area contributed by atoms with E-state index in [-0.39, 0.29) is 0 Å². The van der Waals surface area contributed by atoms with Crippen molar-refractivity contribution in [2.45, 2.75) is 25.8 Å². The summed E-state index contributed by atoms with van der Waals surface area (Å²) >= 11 is 1.67. The van der Waals surface area contributed by atoms with Crippen LogP contribution in [0.4, 0.5) is 11.5 Å². The van der Waals surface area contributed by atoms with Crippen LogP contribution in [0, 0.1) is 0 Å². The maximum atomic E-state index is 5.97. The Bertz CT molecular complexity index is 538. The molecule has 5 heteroatoms. The van der Waals surface area contributed by atoms with E-state index >= 15 is 0 Å². The van der Waals surface area contributed by atoms with Gasteiger partial charge in [-0.15, -0.1) is 21.5 Å². The van der Waals surface area contributed by atoms with Crippen LogP contribution in [0.3, 0.4) is 0 Å². The number of aromatic nitrogens is 2. The molecule has 1 atom stereocenters. The van der Waals surface area contributed by atoms with Crippen molar-refractivity contribution >= 4 is 22.8 Å². The van der Waals surface area contributed by atoms with Crippen LogP contribution in [0.1, 0.15) is 19.8 Å². The normalized spacial score (nSPS) is 19.4. The maximum absolute atomic E-state index is 5.97. The lowest BCUT2D eigenvalue weighted by Gasteiger charge is -2.24. The summed E-state index contributed by atoms with van der Waals surface area (Å²) in [6.45, 7) is 3.29. The van der Waals surface area contributed by atoms with E-state index in [1.165, 1.54) is 12.8 Å². The molecule has 2 aromatic rings. The van der Waals surface area contributed by atoms with Gasteiger partial charge in [-0.1, -0.05) is 6.07 Å². The third-order valence-electron chi connectivity index (χ3n) is 3.44. The van der Waals surface area contributed by atoms with Gasteiger partial charge in [0.05, 0.1) is 10.6 Å². The van der Waals surface area contributed by atoms with Gasteiger partial charge >= 0.3 is 0 Å². The molecule has 1 saturated heterocycles. The third kappa shape index (κ3) is 1.95. The first kappa shape index (κ1) is 11.5. The van der Waals surface area contributed by atoms with Gasteiger partial charge in [-0.2, -0.15) is 0 Å². The smallest absolute Gasteiger partial charge is 0.169 e. The van der Waals surface area contributed by atoms with Crippen LogP contribution in [0.25, 0.3) is 10.6 Å².